The molecule has 1 aliphatic carbocycles. The van der Waals surface area contributed by atoms with Gasteiger partial charge in [-0.3, -0.25) is 0 Å². The van der Waals surface area contributed by atoms with E-state index in [4.69, 9.17) is 4.74 Å². The molecule has 0 saturated heterocycles. The zero-order valence-corrected chi connectivity index (χ0v) is 9.17. The van der Waals surface area contributed by atoms with E-state index in [9.17, 15) is 0 Å². The van der Waals surface area contributed by atoms with Gasteiger partial charge in [0.2, 0.25) is 0 Å². The number of hydrogen-bond donors (Lipinski definition) is 0. The van der Waals surface area contributed by atoms with Gasteiger partial charge in [0.25, 0.3) is 0 Å². The number of aromatic nitrogens is 1. The van der Waals surface area contributed by atoms with Crippen molar-refractivity contribution in [2.24, 2.45) is 0 Å². The van der Waals surface area contributed by atoms with Crippen LogP contribution in [0.25, 0.3) is 0 Å². The van der Waals surface area contributed by atoms with Crippen molar-refractivity contribution in [3.63, 3.8) is 0 Å². The summed E-state index contributed by atoms with van der Waals surface area (Å²) in [7, 11) is 1.77. The van der Waals surface area contributed by atoms with Crippen molar-refractivity contribution in [2.75, 3.05) is 7.11 Å². The summed E-state index contributed by atoms with van der Waals surface area (Å²) in [5.41, 5.74) is 0.958. The number of methoxy groups -OCH3 is 1. The minimum absolute atomic E-state index is 0.0935. The third-order valence-corrected chi connectivity index (χ3v) is 3.18. The predicted molar refractivity (Wildman–Crippen MR) is 54.5 cm³/mol. The number of pyridine rings is 1. The molecule has 2 rings (SSSR count). The average Bonchev–Trinajstić information content (AvgIpc) is 2.03. The van der Waals surface area contributed by atoms with Gasteiger partial charge in [0.05, 0.1) is 5.69 Å². The van der Waals surface area contributed by atoms with E-state index in [0.717, 1.165) is 23.1 Å². The molecular weight excluding hydrogens is 230 g/mol. The predicted octanol–water partition coefficient (Wildman–Crippen LogP) is 2.87. The van der Waals surface area contributed by atoms with Crippen LogP contribution in [0, 0.1) is 0 Å². The molecule has 70 valence electrons. The molecular formula is C10H12BrNO. The highest BCUT2D eigenvalue weighted by atomic mass is 79.9. The van der Waals surface area contributed by atoms with Crippen molar-refractivity contribution < 1.29 is 4.74 Å². The summed E-state index contributed by atoms with van der Waals surface area (Å²) in [6.07, 6.45) is 3.42. The van der Waals surface area contributed by atoms with Gasteiger partial charge in [-0.2, -0.15) is 0 Å². The van der Waals surface area contributed by atoms with E-state index in [2.05, 4.69) is 20.9 Å². The maximum Gasteiger partial charge on any atom is 0.110 e. The first-order valence-electron chi connectivity index (χ1n) is 4.45. The Balaban J connectivity index is 2.33. The summed E-state index contributed by atoms with van der Waals surface area (Å²) in [5.74, 6) is 0. The summed E-state index contributed by atoms with van der Waals surface area (Å²) >= 11 is 3.37. The third-order valence-electron chi connectivity index (χ3n) is 2.73. The minimum atomic E-state index is -0.0935. The first-order chi connectivity index (χ1) is 6.27. The molecule has 0 amide bonds. The molecule has 1 saturated carbocycles. The molecule has 3 heteroatoms. The molecule has 0 unspecified atom stereocenters. The van der Waals surface area contributed by atoms with Crippen LogP contribution in [-0.2, 0) is 10.3 Å². The Morgan fingerprint density at radius 3 is 2.69 bits per heavy atom. The van der Waals surface area contributed by atoms with Crippen molar-refractivity contribution in [3.05, 3.63) is 28.5 Å². The Labute approximate surface area is 86.5 Å². The van der Waals surface area contributed by atoms with E-state index in [0.29, 0.717) is 0 Å². The van der Waals surface area contributed by atoms with Crippen molar-refractivity contribution >= 4 is 15.9 Å². The second-order valence-electron chi connectivity index (χ2n) is 3.40. The lowest BCUT2D eigenvalue weighted by atomic mass is 9.77. The van der Waals surface area contributed by atoms with Crippen LogP contribution in [0.2, 0.25) is 0 Å². The number of rotatable bonds is 2. The fraction of sp³-hybridized carbons (Fsp3) is 0.500. The zero-order valence-electron chi connectivity index (χ0n) is 7.59. The molecule has 0 atom stereocenters. The summed E-state index contributed by atoms with van der Waals surface area (Å²) in [6.45, 7) is 0. The zero-order chi connectivity index (χ0) is 9.31. The first-order valence-corrected chi connectivity index (χ1v) is 5.24. The van der Waals surface area contributed by atoms with Crippen LogP contribution >= 0.6 is 15.9 Å². The number of hydrogen-bond acceptors (Lipinski definition) is 2. The van der Waals surface area contributed by atoms with E-state index >= 15 is 0 Å². The third kappa shape index (κ3) is 1.51. The van der Waals surface area contributed by atoms with E-state index in [1.807, 2.05) is 18.2 Å². The molecule has 1 heterocycles. The number of halogens is 1. The number of nitrogens with zero attached hydrogens (tertiary/aromatic N) is 1. The van der Waals surface area contributed by atoms with E-state index in [1.165, 1.54) is 6.42 Å². The Kier molecular flexibility index (Phi) is 2.39. The molecule has 0 aliphatic heterocycles. The second-order valence-corrected chi connectivity index (χ2v) is 4.21. The molecule has 0 N–H and O–H groups in total. The van der Waals surface area contributed by atoms with Gasteiger partial charge in [0, 0.05) is 7.11 Å². The van der Waals surface area contributed by atoms with Gasteiger partial charge in [-0.15, -0.1) is 0 Å². The standard InChI is InChI=1S/C10H12BrNO/c1-13-10(6-3-7-10)8-4-2-5-9(11)12-8/h2,4-5H,3,6-7H2,1H3. The maximum absolute atomic E-state index is 5.53. The largest absolute Gasteiger partial charge is 0.372 e. The van der Waals surface area contributed by atoms with E-state index in [1.54, 1.807) is 7.11 Å². The Hall–Kier alpha value is -0.410. The van der Waals surface area contributed by atoms with Crippen LogP contribution in [0.1, 0.15) is 25.0 Å². The molecule has 2 nitrogen and oxygen atoms in total. The molecule has 0 spiro atoms. The lowest BCUT2D eigenvalue weighted by molar-refractivity contribution is -0.0812. The van der Waals surface area contributed by atoms with Gasteiger partial charge in [-0.05, 0) is 47.3 Å². The summed E-state index contributed by atoms with van der Waals surface area (Å²) in [4.78, 5) is 4.43. The molecule has 1 aromatic heterocycles. The van der Waals surface area contributed by atoms with Gasteiger partial charge >= 0.3 is 0 Å². The van der Waals surface area contributed by atoms with Crippen molar-refractivity contribution in [1.29, 1.82) is 0 Å². The van der Waals surface area contributed by atoms with Crippen LogP contribution in [0.3, 0.4) is 0 Å². The Bertz CT molecular complexity index is 304. The smallest absolute Gasteiger partial charge is 0.110 e. The fourth-order valence-corrected chi connectivity index (χ4v) is 2.07. The van der Waals surface area contributed by atoms with E-state index < -0.39 is 0 Å². The van der Waals surface area contributed by atoms with Crippen LogP contribution in [0.4, 0.5) is 0 Å². The van der Waals surface area contributed by atoms with Crippen LogP contribution in [0.15, 0.2) is 22.8 Å². The molecule has 1 aliphatic rings. The van der Waals surface area contributed by atoms with Gasteiger partial charge in [-0.25, -0.2) is 4.98 Å². The van der Waals surface area contributed by atoms with Crippen molar-refractivity contribution in [3.8, 4) is 0 Å². The lowest BCUT2D eigenvalue weighted by Crippen LogP contribution is -2.36. The highest BCUT2D eigenvalue weighted by molar-refractivity contribution is 9.10. The van der Waals surface area contributed by atoms with Crippen LogP contribution in [-0.4, -0.2) is 12.1 Å². The molecule has 1 aromatic rings. The Morgan fingerprint density at radius 2 is 2.23 bits per heavy atom. The van der Waals surface area contributed by atoms with Crippen molar-refractivity contribution in [1.82, 2.24) is 4.98 Å². The quantitative estimate of drug-likeness (QED) is 0.744. The second kappa shape index (κ2) is 3.39. The van der Waals surface area contributed by atoms with Gasteiger partial charge in [0.15, 0.2) is 0 Å². The molecule has 0 aromatic carbocycles. The molecule has 0 radical (unpaired) electrons. The average molecular weight is 242 g/mol. The molecule has 0 bridgehead atoms. The Morgan fingerprint density at radius 1 is 1.46 bits per heavy atom. The SMILES string of the molecule is COC1(c2cccc(Br)n2)CCC1. The van der Waals surface area contributed by atoms with Gasteiger partial charge in [0.1, 0.15) is 10.2 Å². The topological polar surface area (TPSA) is 22.1 Å². The highest BCUT2D eigenvalue weighted by Gasteiger charge is 2.40. The lowest BCUT2D eigenvalue weighted by Gasteiger charge is -2.39. The van der Waals surface area contributed by atoms with Crippen LogP contribution in [0.5, 0.6) is 0 Å². The normalized spacial score (nSPS) is 19.5. The maximum atomic E-state index is 5.53. The number of ether oxygens (including phenoxy) is 1. The van der Waals surface area contributed by atoms with Gasteiger partial charge < -0.3 is 4.74 Å². The summed E-state index contributed by atoms with van der Waals surface area (Å²) in [5, 5.41) is 0. The van der Waals surface area contributed by atoms with Gasteiger partial charge in [-0.1, -0.05) is 6.07 Å². The summed E-state index contributed by atoms with van der Waals surface area (Å²) < 4.78 is 6.41. The first kappa shape index (κ1) is 9.16. The fourth-order valence-electron chi connectivity index (χ4n) is 1.72. The van der Waals surface area contributed by atoms with Crippen LogP contribution < -0.4 is 0 Å². The van der Waals surface area contributed by atoms with E-state index in [-0.39, 0.29) is 5.60 Å². The monoisotopic (exact) mass is 241 g/mol. The molecule has 1 fully saturated rings. The summed E-state index contributed by atoms with van der Waals surface area (Å²) in [6, 6.07) is 5.98. The molecule has 13 heavy (non-hydrogen) atoms. The highest BCUT2D eigenvalue weighted by Crippen LogP contribution is 2.43. The minimum Gasteiger partial charge on any atom is -0.372 e. The van der Waals surface area contributed by atoms with Crippen molar-refractivity contribution in [2.45, 2.75) is 24.9 Å².